The van der Waals surface area contributed by atoms with Gasteiger partial charge in [-0.2, -0.15) is 0 Å². The summed E-state index contributed by atoms with van der Waals surface area (Å²) < 4.78 is 5.77. The standard InChI is InChI=1S/C19H24N2O4S2/c1-3-13(2)17(14-7-5-4-6-8-14)18(24)25-11-15(22)20-9-10-21-16(23)12-27-19(21)26/h4-8,13,17H,3,9-12H2,1-2H3,(H,20,22)/t13-,17+/m0/s1. The van der Waals surface area contributed by atoms with Gasteiger partial charge >= 0.3 is 5.97 Å². The quantitative estimate of drug-likeness (QED) is 0.499. The number of hydrogen-bond acceptors (Lipinski definition) is 6. The Hall–Kier alpha value is -1.93. The Morgan fingerprint density at radius 2 is 2.04 bits per heavy atom. The molecule has 27 heavy (non-hydrogen) atoms. The molecule has 0 radical (unpaired) electrons. The van der Waals surface area contributed by atoms with Gasteiger partial charge in [-0.3, -0.25) is 19.3 Å². The maximum absolute atomic E-state index is 12.5. The smallest absolute Gasteiger partial charge is 0.314 e. The first kappa shape index (κ1) is 21.4. The van der Waals surface area contributed by atoms with Crippen molar-refractivity contribution in [3.63, 3.8) is 0 Å². The van der Waals surface area contributed by atoms with Crippen molar-refractivity contribution in [3.05, 3.63) is 35.9 Å². The summed E-state index contributed by atoms with van der Waals surface area (Å²) in [6, 6.07) is 9.45. The third-order valence-electron chi connectivity index (χ3n) is 4.47. The number of carbonyl (C=O) groups excluding carboxylic acids is 3. The van der Waals surface area contributed by atoms with E-state index in [-0.39, 0.29) is 25.0 Å². The first-order valence-corrected chi connectivity index (χ1v) is 10.3. The van der Waals surface area contributed by atoms with Crippen molar-refractivity contribution in [2.75, 3.05) is 25.4 Å². The molecule has 146 valence electrons. The van der Waals surface area contributed by atoms with Gasteiger partial charge < -0.3 is 10.1 Å². The maximum atomic E-state index is 12.5. The molecule has 0 aromatic heterocycles. The molecule has 8 heteroatoms. The summed E-state index contributed by atoms with van der Waals surface area (Å²) in [5.74, 6) is -0.809. The first-order valence-electron chi connectivity index (χ1n) is 8.89. The Morgan fingerprint density at radius 3 is 2.63 bits per heavy atom. The Bertz CT molecular complexity index is 680. The number of rotatable bonds is 9. The highest BCUT2D eigenvalue weighted by molar-refractivity contribution is 8.23. The van der Waals surface area contributed by atoms with Crippen molar-refractivity contribution >= 4 is 46.1 Å². The highest BCUT2D eigenvalue weighted by Gasteiger charge is 2.28. The second-order valence-electron chi connectivity index (χ2n) is 6.33. The molecule has 0 aliphatic carbocycles. The summed E-state index contributed by atoms with van der Waals surface area (Å²) in [4.78, 5) is 37.6. The van der Waals surface area contributed by atoms with E-state index in [1.807, 2.05) is 44.2 Å². The molecule has 1 aromatic carbocycles. The zero-order valence-electron chi connectivity index (χ0n) is 15.5. The van der Waals surface area contributed by atoms with E-state index in [1.54, 1.807) is 0 Å². The van der Waals surface area contributed by atoms with Gasteiger partial charge in [0, 0.05) is 13.1 Å². The van der Waals surface area contributed by atoms with Gasteiger partial charge in [-0.25, -0.2) is 0 Å². The summed E-state index contributed by atoms with van der Waals surface area (Å²) in [6.07, 6.45) is 0.822. The summed E-state index contributed by atoms with van der Waals surface area (Å²) >= 11 is 6.40. The van der Waals surface area contributed by atoms with Crippen LogP contribution in [0.5, 0.6) is 0 Å². The lowest BCUT2D eigenvalue weighted by Gasteiger charge is -2.22. The van der Waals surface area contributed by atoms with Crippen LogP contribution in [0.2, 0.25) is 0 Å². The average molecular weight is 409 g/mol. The van der Waals surface area contributed by atoms with Crippen molar-refractivity contribution in [3.8, 4) is 0 Å². The lowest BCUT2D eigenvalue weighted by Crippen LogP contribution is -2.39. The van der Waals surface area contributed by atoms with Crippen molar-refractivity contribution in [2.45, 2.75) is 26.2 Å². The summed E-state index contributed by atoms with van der Waals surface area (Å²) in [6.45, 7) is 4.25. The topological polar surface area (TPSA) is 75.7 Å². The molecule has 2 amide bonds. The summed E-state index contributed by atoms with van der Waals surface area (Å²) in [5.41, 5.74) is 0.885. The second kappa shape index (κ2) is 10.4. The molecular formula is C19H24N2O4S2. The Balaban J connectivity index is 1.81. The molecule has 1 fully saturated rings. The molecule has 1 saturated heterocycles. The average Bonchev–Trinajstić information content (AvgIpc) is 2.99. The molecule has 0 unspecified atom stereocenters. The van der Waals surface area contributed by atoms with Crippen molar-refractivity contribution in [1.82, 2.24) is 10.2 Å². The molecule has 1 N–H and O–H groups in total. The Labute approximate surface area is 169 Å². The van der Waals surface area contributed by atoms with E-state index < -0.39 is 17.8 Å². The number of thiocarbonyl (C=S) groups is 1. The summed E-state index contributed by atoms with van der Waals surface area (Å²) in [7, 11) is 0. The van der Waals surface area contributed by atoms with Gasteiger partial charge in [-0.05, 0) is 11.5 Å². The fourth-order valence-corrected chi connectivity index (χ4v) is 3.90. The number of ether oxygens (including phenoxy) is 1. The number of nitrogens with one attached hydrogen (secondary N) is 1. The van der Waals surface area contributed by atoms with E-state index in [0.29, 0.717) is 16.6 Å². The molecule has 2 atom stereocenters. The van der Waals surface area contributed by atoms with Gasteiger partial charge in [0.25, 0.3) is 5.91 Å². The lowest BCUT2D eigenvalue weighted by atomic mass is 9.86. The second-order valence-corrected chi connectivity index (χ2v) is 7.94. The summed E-state index contributed by atoms with van der Waals surface area (Å²) in [5, 5.41) is 2.65. The monoisotopic (exact) mass is 408 g/mol. The fourth-order valence-electron chi connectivity index (χ4n) is 2.77. The molecule has 0 saturated carbocycles. The minimum Gasteiger partial charge on any atom is -0.455 e. The van der Waals surface area contributed by atoms with Crippen LogP contribution in [-0.2, 0) is 19.1 Å². The predicted octanol–water partition coefficient (Wildman–Crippen LogP) is 2.34. The van der Waals surface area contributed by atoms with Crippen LogP contribution in [0.1, 0.15) is 31.7 Å². The number of benzene rings is 1. The van der Waals surface area contributed by atoms with E-state index >= 15 is 0 Å². The Morgan fingerprint density at radius 1 is 1.33 bits per heavy atom. The molecule has 1 aliphatic heterocycles. The van der Waals surface area contributed by atoms with Crippen molar-refractivity contribution in [1.29, 1.82) is 0 Å². The number of esters is 1. The van der Waals surface area contributed by atoms with Gasteiger partial charge in [-0.15, -0.1) is 0 Å². The minimum atomic E-state index is -0.405. The predicted molar refractivity (Wildman–Crippen MR) is 109 cm³/mol. The number of amides is 2. The van der Waals surface area contributed by atoms with Gasteiger partial charge in [-0.1, -0.05) is 74.6 Å². The van der Waals surface area contributed by atoms with Crippen LogP contribution < -0.4 is 5.32 Å². The number of carbonyl (C=O) groups is 3. The third-order valence-corrected chi connectivity index (χ3v) is 5.90. The van der Waals surface area contributed by atoms with Crippen molar-refractivity contribution in [2.24, 2.45) is 5.92 Å². The van der Waals surface area contributed by atoms with Crippen LogP contribution in [0.4, 0.5) is 0 Å². The highest BCUT2D eigenvalue weighted by Crippen LogP contribution is 2.28. The van der Waals surface area contributed by atoms with Gasteiger partial charge in [0.15, 0.2) is 6.61 Å². The highest BCUT2D eigenvalue weighted by atomic mass is 32.2. The molecule has 1 heterocycles. The normalized spacial score (nSPS) is 16.1. The zero-order chi connectivity index (χ0) is 19.8. The molecule has 0 spiro atoms. The van der Waals surface area contributed by atoms with E-state index in [0.717, 1.165) is 12.0 Å². The number of thioether (sulfide) groups is 1. The molecular weight excluding hydrogens is 384 g/mol. The van der Waals surface area contributed by atoms with Gasteiger partial charge in [0.05, 0.1) is 11.7 Å². The molecule has 1 aromatic rings. The number of nitrogens with zero attached hydrogens (tertiary/aromatic N) is 1. The van der Waals surface area contributed by atoms with Gasteiger partial charge in [0.1, 0.15) is 4.32 Å². The Kier molecular flexibility index (Phi) is 8.24. The van der Waals surface area contributed by atoms with E-state index in [2.05, 4.69) is 5.32 Å². The molecule has 2 rings (SSSR count). The van der Waals surface area contributed by atoms with E-state index in [9.17, 15) is 14.4 Å². The maximum Gasteiger partial charge on any atom is 0.314 e. The van der Waals surface area contributed by atoms with Crippen LogP contribution >= 0.6 is 24.0 Å². The van der Waals surface area contributed by atoms with Crippen LogP contribution in [-0.4, -0.2) is 52.5 Å². The SMILES string of the molecule is CC[C@H](C)[C@@H](C(=O)OCC(=O)NCCN1C(=O)CSC1=S)c1ccccc1. The lowest BCUT2D eigenvalue weighted by molar-refractivity contribution is -0.151. The van der Waals surface area contributed by atoms with Crippen LogP contribution in [0, 0.1) is 5.92 Å². The van der Waals surface area contributed by atoms with Crippen LogP contribution in [0.15, 0.2) is 30.3 Å². The third kappa shape index (κ3) is 6.04. The largest absolute Gasteiger partial charge is 0.455 e. The molecule has 1 aliphatic rings. The first-order chi connectivity index (χ1) is 12.9. The van der Waals surface area contributed by atoms with E-state index in [1.165, 1.54) is 16.7 Å². The zero-order valence-corrected chi connectivity index (χ0v) is 17.1. The van der Waals surface area contributed by atoms with Crippen LogP contribution in [0.25, 0.3) is 0 Å². The molecule has 6 nitrogen and oxygen atoms in total. The fraction of sp³-hybridized carbons (Fsp3) is 0.474. The van der Waals surface area contributed by atoms with Crippen molar-refractivity contribution < 1.29 is 19.1 Å². The van der Waals surface area contributed by atoms with Gasteiger partial charge in [0.2, 0.25) is 5.91 Å². The number of hydrogen-bond donors (Lipinski definition) is 1. The minimum absolute atomic E-state index is 0.0510. The molecule has 0 bridgehead atoms. The van der Waals surface area contributed by atoms with E-state index in [4.69, 9.17) is 17.0 Å². The van der Waals surface area contributed by atoms with Crippen LogP contribution in [0.3, 0.4) is 0 Å².